The summed E-state index contributed by atoms with van der Waals surface area (Å²) in [6, 6.07) is 0. The van der Waals surface area contributed by atoms with Crippen LogP contribution in [-0.2, 0) is 0 Å². The molecule has 0 aromatic heterocycles. The van der Waals surface area contributed by atoms with Crippen LogP contribution in [0.2, 0.25) is 0 Å². The van der Waals surface area contributed by atoms with E-state index in [0.29, 0.717) is 0 Å². The largest absolute Gasteiger partial charge is 0.0874 e. The van der Waals surface area contributed by atoms with Crippen LogP contribution in [0.4, 0.5) is 0 Å². The van der Waals surface area contributed by atoms with Gasteiger partial charge >= 0.3 is 0 Å². The Morgan fingerprint density at radius 1 is 1.57 bits per heavy atom. The van der Waals surface area contributed by atoms with Gasteiger partial charge in [-0.05, 0) is 32.4 Å². The van der Waals surface area contributed by atoms with Crippen molar-refractivity contribution in [2.75, 3.05) is 0 Å². The van der Waals surface area contributed by atoms with Crippen LogP contribution in [0.3, 0.4) is 0 Å². The fourth-order valence-corrected chi connectivity index (χ4v) is 0.333. The fraction of sp³-hybridized carbons (Fsp3) is 0.429. The van der Waals surface area contributed by atoms with Gasteiger partial charge < -0.3 is 0 Å². The van der Waals surface area contributed by atoms with Gasteiger partial charge in [-0.15, -0.1) is 0 Å². The lowest BCUT2D eigenvalue weighted by molar-refractivity contribution is 1.42. The number of rotatable bonds is 1. The van der Waals surface area contributed by atoms with Gasteiger partial charge in [0.15, 0.2) is 0 Å². The normalized spacial score (nSPS) is 13.3. The Morgan fingerprint density at radius 2 is 2.14 bits per heavy atom. The molecule has 0 nitrogen and oxygen atoms in total. The van der Waals surface area contributed by atoms with Crippen LogP contribution in [0.1, 0.15) is 20.8 Å². The summed E-state index contributed by atoms with van der Waals surface area (Å²) in [4.78, 5) is 0. The summed E-state index contributed by atoms with van der Waals surface area (Å²) in [6.07, 6.45) is 7.03. The summed E-state index contributed by atoms with van der Waals surface area (Å²) in [5.74, 6) is 0. The summed E-state index contributed by atoms with van der Waals surface area (Å²) in [7, 11) is 0. The van der Waals surface area contributed by atoms with Gasteiger partial charge in [-0.1, -0.05) is 12.2 Å². The lowest BCUT2D eigenvalue weighted by Gasteiger charge is -1.80. The van der Waals surface area contributed by atoms with E-state index in [-0.39, 0.29) is 0 Å². The molecule has 0 aromatic rings. The van der Waals surface area contributed by atoms with E-state index in [1.807, 2.05) is 32.9 Å². The maximum absolute atomic E-state index is 3.00. The van der Waals surface area contributed by atoms with Crippen molar-refractivity contribution in [1.82, 2.24) is 0 Å². The van der Waals surface area contributed by atoms with Crippen LogP contribution in [0.15, 0.2) is 17.7 Å². The maximum Gasteiger partial charge on any atom is -0.0392 e. The van der Waals surface area contributed by atoms with Gasteiger partial charge in [0.25, 0.3) is 0 Å². The summed E-state index contributed by atoms with van der Waals surface area (Å²) >= 11 is 0. The zero-order valence-corrected chi connectivity index (χ0v) is 5.15. The Balaban J connectivity index is 3.58. The Kier molecular flexibility index (Phi) is 3.39. The van der Waals surface area contributed by atoms with Gasteiger partial charge in [-0.3, -0.25) is 0 Å². The Bertz CT molecular complexity index is 86.2. The van der Waals surface area contributed by atoms with Crippen molar-refractivity contribution < 1.29 is 0 Å². The average molecular weight is 95.2 g/mol. The number of hydrogen-bond donors (Lipinski definition) is 0. The molecule has 1 radical (unpaired) electrons. The van der Waals surface area contributed by atoms with Crippen molar-refractivity contribution in [3.8, 4) is 0 Å². The second-order valence-electron chi connectivity index (χ2n) is 1.43. The molecule has 0 saturated heterocycles. The Hall–Kier alpha value is -0.520. The lowest BCUT2D eigenvalue weighted by atomic mass is 10.3. The van der Waals surface area contributed by atoms with Gasteiger partial charge in [-0.25, -0.2) is 0 Å². The van der Waals surface area contributed by atoms with Crippen LogP contribution < -0.4 is 0 Å². The first-order valence-electron chi connectivity index (χ1n) is 2.45. The highest BCUT2D eigenvalue weighted by atomic mass is 13.8. The minimum atomic E-state index is 1.20. The molecule has 0 bridgehead atoms. The first kappa shape index (κ1) is 6.48. The van der Waals surface area contributed by atoms with Crippen LogP contribution in [0, 0.1) is 6.08 Å². The predicted molar refractivity (Wildman–Crippen MR) is 32.9 cm³/mol. The van der Waals surface area contributed by atoms with Crippen LogP contribution in [0.25, 0.3) is 0 Å². The highest BCUT2D eigenvalue weighted by molar-refractivity contribution is 5.10. The third-order valence-corrected chi connectivity index (χ3v) is 0.811. The summed E-state index contributed by atoms with van der Waals surface area (Å²) < 4.78 is 0. The molecule has 0 spiro atoms. The van der Waals surface area contributed by atoms with Crippen molar-refractivity contribution in [2.24, 2.45) is 0 Å². The van der Waals surface area contributed by atoms with E-state index in [9.17, 15) is 0 Å². The van der Waals surface area contributed by atoms with Gasteiger partial charge in [0, 0.05) is 0 Å². The van der Waals surface area contributed by atoms with Gasteiger partial charge in [-0.2, -0.15) is 0 Å². The topological polar surface area (TPSA) is 0 Å². The monoisotopic (exact) mass is 95.1 g/mol. The molecule has 0 aliphatic carbocycles. The van der Waals surface area contributed by atoms with E-state index < -0.39 is 0 Å². The SMILES string of the molecule is C/[C]=C(C)\C=C\C. The first-order chi connectivity index (χ1) is 3.31. The van der Waals surface area contributed by atoms with Crippen LogP contribution in [0.5, 0.6) is 0 Å². The molecule has 0 rings (SSSR count). The van der Waals surface area contributed by atoms with Gasteiger partial charge in [0.2, 0.25) is 0 Å². The Labute approximate surface area is 45.5 Å². The lowest BCUT2D eigenvalue weighted by Crippen LogP contribution is -1.61. The first-order valence-corrected chi connectivity index (χ1v) is 2.45. The van der Waals surface area contributed by atoms with E-state index >= 15 is 0 Å². The second-order valence-corrected chi connectivity index (χ2v) is 1.43. The molecule has 0 N–H and O–H groups in total. The van der Waals surface area contributed by atoms with Crippen molar-refractivity contribution >= 4 is 0 Å². The van der Waals surface area contributed by atoms with Crippen molar-refractivity contribution in [2.45, 2.75) is 20.8 Å². The molecular formula is C7H11. The molecule has 0 heterocycles. The summed E-state index contributed by atoms with van der Waals surface area (Å²) in [5.41, 5.74) is 1.20. The molecule has 7 heavy (non-hydrogen) atoms. The Morgan fingerprint density at radius 3 is 2.29 bits per heavy atom. The molecule has 0 fully saturated rings. The molecule has 0 amide bonds. The van der Waals surface area contributed by atoms with Crippen molar-refractivity contribution in [3.05, 3.63) is 23.8 Å². The quantitative estimate of drug-likeness (QED) is 0.438. The van der Waals surface area contributed by atoms with E-state index in [2.05, 4.69) is 6.08 Å². The molecule has 0 heteroatoms. The minimum Gasteiger partial charge on any atom is -0.0874 e. The molecule has 39 valence electrons. The van der Waals surface area contributed by atoms with Crippen molar-refractivity contribution in [1.29, 1.82) is 0 Å². The third-order valence-electron chi connectivity index (χ3n) is 0.811. The highest BCUT2D eigenvalue weighted by Gasteiger charge is 1.70. The molecule has 0 aliphatic heterocycles. The number of allylic oxidation sites excluding steroid dienone is 4. The van der Waals surface area contributed by atoms with E-state index in [1.165, 1.54) is 5.57 Å². The standard InChI is InChI=1S/C7H11/c1-4-6-7(3)5-2/h4,6H,1-3H3/b6-4+,7-5?. The highest BCUT2D eigenvalue weighted by Crippen LogP contribution is 1.90. The third kappa shape index (κ3) is 3.31. The predicted octanol–water partition coefficient (Wildman–Crippen LogP) is 2.33. The smallest absolute Gasteiger partial charge is 0.0392 e. The second kappa shape index (κ2) is 3.66. The van der Waals surface area contributed by atoms with Crippen LogP contribution >= 0.6 is 0 Å². The summed E-state index contributed by atoms with van der Waals surface area (Å²) in [6.45, 7) is 5.94. The summed E-state index contributed by atoms with van der Waals surface area (Å²) in [5, 5.41) is 0. The zero-order valence-electron chi connectivity index (χ0n) is 5.15. The molecule has 0 saturated carbocycles. The molecule has 0 atom stereocenters. The minimum absolute atomic E-state index is 1.20. The fourth-order valence-electron chi connectivity index (χ4n) is 0.333. The average Bonchev–Trinajstić information content (AvgIpc) is 1.68. The van der Waals surface area contributed by atoms with E-state index in [0.717, 1.165) is 0 Å². The maximum atomic E-state index is 3.00. The van der Waals surface area contributed by atoms with Gasteiger partial charge in [0.1, 0.15) is 0 Å². The molecule has 0 aromatic carbocycles. The van der Waals surface area contributed by atoms with Crippen LogP contribution in [-0.4, -0.2) is 0 Å². The molecule has 0 aliphatic rings. The van der Waals surface area contributed by atoms with E-state index in [4.69, 9.17) is 0 Å². The molecule has 0 unspecified atom stereocenters. The van der Waals surface area contributed by atoms with Crippen molar-refractivity contribution in [3.63, 3.8) is 0 Å². The van der Waals surface area contributed by atoms with Gasteiger partial charge in [0.05, 0.1) is 0 Å². The molecular weight excluding hydrogens is 84.1 g/mol. The number of hydrogen-bond acceptors (Lipinski definition) is 0. The zero-order chi connectivity index (χ0) is 5.70. The van der Waals surface area contributed by atoms with E-state index in [1.54, 1.807) is 0 Å².